The van der Waals surface area contributed by atoms with Crippen molar-refractivity contribution in [1.29, 1.82) is 5.26 Å². The predicted octanol–water partition coefficient (Wildman–Crippen LogP) is 0.599. The van der Waals surface area contributed by atoms with Crippen molar-refractivity contribution in [1.82, 2.24) is 9.88 Å². The molecule has 0 spiro atoms. The van der Waals surface area contributed by atoms with E-state index >= 15 is 0 Å². The second kappa shape index (κ2) is 5.82. The smallest absolute Gasteiger partial charge is 0.255 e. The Labute approximate surface area is 100 Å². The van der Waals surface area contributed by atoms with Crippen LogP contribution >= 0.6 is 0 Å². The van der Waals surface area contributed by atoms with Crippen molar-refractivity contribution < 1.29 is 4.79 Å². The Morgan fingerprint density at radius 1 is 1.71 bits per heavy atom. The zero-order chi connectivity index (χ0) is 12.8. The molecule has 1 aromatic heterocycles. The van der Waals surface area contributed by atoms with E-state index in [4.69, 9.17) is 11.1 Å². The van der Waals surface area contributed by atoms with Crippen molar-refractivity contribution in [2.24, 2.45) is 11.8 Å². The average Bonchev–Trinajstić information content (AvgIpc) is 2.37. The molecular formula is C11H15N5O. The van der Waals surface area contributed by atoms with E-state index in [0.29, 0.717) is 17.9 Å². The maximum absolute atomic E-state index is 11.9. The second-order valence-electron chi connectivity index (χ2n) is 3.79. The summed E-state index contributed by atoms with van der Waals surface area (Å²) in [5.41, 5.74) is 2.85. The summed E-state index contributed by atoms with van der Waals surface area (Å²) in [6.45, 7) is 2.16. The molecule has 1 aromatic rings. The first-order valence-electron chi connectivity index (χ1n) is 5.16. The van der Waals surface area contributed by atoms with Gasteiger partial charge in [-0.2, -0.15) is 5.26 Å². The van der Waals surface area contributed by atoms with Crippen molar-refractivity contribution >= 4 is 11.7 Å². The van der Waals surface area contributed by atoms with Gasteiger partial charge in [0.1, 0.15) is 5.82 Å². The molecule has 0 aliphatic rings. The first-order valence-corrected chi connectivity index (χ1v) is 5.16. The molecule has 1 rings (SSSR count). The lowest BCUT2D eigenvalue weighted by molar-refractivity contribution is 0.0784. The third kappa shape index (κ3) is 3.43. The molecule has 0 radical (unpaired) electrons. The second-order valence-corrected chi connectivity index (χ2v) is 3.79. The van der Waals surface area contributed by atoms with E-state index in [2.05, 4.69) is 16.5 Å². The highest BCUT2D eigenvalue weighted by Gasteiger charge is 2.14. The molecule has 1 unspecified atom stereocenters. The summed E-state index contributed by atoms with van der Waals surface area (Å²) >= 11 is 0. The van der Waals surface area contributed by atoms with Gasteiger partial charge in [-0.3, -0.25) is 4.79 Å². The number of anilines is 1. The molecule has 0 aliphatic carbocycles. The number of nitrogens with zero attached hydrogens (tertiary/aromatic N) is 3. The monoisotopic (exact) mass is 233 g/mol. The van der Waals surface area contributed by atoms with Crippen LogP contribution in [0.25, 0.3) is 0 Å². The zero-order valence-corrected chi connectivity index (χ0v) is 9.84. The Balaban J connectivity index is 2.72. The van der Waals surface area contributed by atoms with E-state index in [-0.39, 0.29) is 11.8 Å². The molecule has 17 heavy (non-hydrogen) atoms. The number of carbonyl (C=O) groups excluding carboxylic acids is 1. The van der Waals surface area contributed by atoms with Crippen LogP contribution in [0.2, 0.25) is 0 Å². The number of nitrogens with one attached hydrogen (secondary N) is 1. The van der Waals surface area contributed by atoms with E-state index in [1.807, 2.05) is 0 Å². The molecule has 90 valence electrons. The molecule has 3 N–H and O–H groups in total. The minimum absolute atomic E-state index is 0.164. The van der Waals surface area contributed by atoms with Crippen molar-refractivity contribution in [2.45, 2.75) is 6.92 Å². The number of nitrogens with two attached hydrogens (primary N) is 1. The number of hydrogen-bond acceptors (Lipinski definition) is 5. The lowest BCUT2D eigenvalue weighted by atomic mass is 10.2. The molecule has 1 amide bonds. The fraction of sp³-hybridized carbons (Fsp3) is 0.364. The molecule has 0 fully saturated rings. The molecule has 0 bridgehead atoms. The van der Waals surface area contributed by atoms with Gasteiger partial charge in [-0.05, 0) is 19.1 Å². The first kappa shape index (κ1) is 12.9. The van der Waals surface area contributed by atoms with Crippen LogP contribution in [0.1, 0.15) is 17.3 Å². The highest BCUT2D eigenvalue weighted by molar-refractivity contribution is 5.93. The average molecular weight is 233 g/mol. The topological polar surface area (TPSA) is 95.0 Å². The largest absolute Gasteiger partial charge is 0.340 e. The minimum Gasteiger partial charge on any atom is -0.340 e. The Morgan fingerprint density at radius 3 is 2.88 bits per heavy atom. The number of pyridine rings is 1. The molecule has 0 aromatic carbocycles. The summed E-state index contributed by atoms with van der Waals surface area (Å²) in [6, 6.07) is 5.34. The number of nitrogen functional groups attached to an aromatic ring is 1. The maximum atomic E-state index is 11.9. The normalized spacial score (nSPS) is 11.4. The van der Waals surface area contributed by atoms with Crippen molar-refractivity contribution in [3.05, 3.63) is 23.9 Å². The maximum Gasteiger partial charge on any atom is 0.255 e. The van der Waals surface area contributed by atoms with Gasteiger partial charge in [0.2, 0.25) is 0 Å². The molecular weight excluding hydrogens is 218 g/mol. The van der Waals surface area contributed by atoms with Crippen LogP contribution in [0, 0.1) is 17.2 Å². The molecule has 6 nitrogen and oxygen atoms in total. The molecule has 1 atom stereocenters. The van der Waals surface area contributed by atoms with Crippen molar-refractivity contribution in [3.8, 4) is 6.07 Å². The van der Waals surface area contributed by atoms with Gasteiger partial charge < -0.3 is 10.3 Å². The standard InChI is InChI=1S/C11H15N5O/c1-8(5-12)7-16(2)11(17)9-3-4-10(15-13)14-6-9/h3-4,6,8H,7,13H2,1-2H3,(H,14,15). The van der Waals surface area contributed by atoms with Crippen LogP contribution in [-0.2, 0) is 0 Å². The van der Waals surface area contributed by atoms with Crippen LogP contribution in [-0.4, -0.2) is 29.4 Å². The van der Waals surface area contributed by atoms with Gasteiger partial charge in [0, 0.05) is 19.8 Å². The number of carbonyl (C=O) groups is 1. The summed E-state index contributed by atoms with van der Waals surface area (Å²) in [5.74, 6) is 5.31. The van der Waals surface area contributed by atoms with Gasteiger partial charge in [0.15, 0.2) is 0 Å². The van der Waals surface area contributed by atoms with Gasteiger partial charge in [-0.15, -0.1) is 0 Å². The first-order chi connectivity index (χ1) is 8.08. The van der Waals surface area contributed by atoms with Crippen LogP contribution in [0.15, 0.2) is 18.3 Å². The quantitative estimate of drug-likeness (QED) is 0.586. The highest BCUT2D eigenvalue weighted by Crippen LogP contribution is 2.07. The molecule has 1 heterocycles. The lowest BCUT2D eigenvalue weighted by Crippen LogP contribution is -2.30. The van der Waals surface area contributed by atoms with E-state index in [1.165, 1.54) is 11.1 Å². The Hall–Kier alpha value is -2.13. The van der Waals surface area contributed by atoms with Crippen molar-refractivity contribution in [2.75, 3.05) is 19.0 Å². The van der Waals surface area contributed by atoms with Gasteiger partial charge in [-0.1, -0.05) is 0 Å². The van der Waals surface area contributed by atoms with Gasteiger partial charge in [0.05, 0.1) is 17.6 Å². The number of amides is 1. The number of nitriles is 1. The van der Waals surface area contributed by atoms with E-state index in [9.17, 15) is 4.79 Å². The summed E-state index contributed by atoms with van der Waals surface area (Å²) in [7, 11) is 1.66. The fourth-order valence-corrected chi connectivity index (χ4v) is 1.36. The fourth-order valence-electron chi connectivity index (χ4n) is 1.36. The van der Waals surface area contributed by atoms with Crippen molar-refractivity contribution in [3.63, 3.8) is 0 Å². The van der Waals surface area contributed by atoms with Crippen LogP contribution in [0.5, 0.6) is 0 Å². The molecule has 0 saturated heterocycles. The minimum atomic E-state index is -0.193. The summed E-state index contributed by atoms with van der Waals surface area (Å²) in [4.78, 5) is 17.4. The molecule has 6 heteroatoms. The van der Waals surface area contributed by atoms with Gasteiger partial charge >= 0.3 is 0 Å². The Bertz CT molecular complexity index is 422. The lowest BCUT2D eigenvalue weighted by Gasteiger charge is -2.18. The van der Waals surface area contributed by atoms with Gasteiger partial charge in [0.25, 0.3) is 5.91 Å². The van der Waals surface area contributed by atoms with E-state index in [0.717, 1.165) is 0 Å². The Morgan fingerprint density at radius 2 is 2.41 bits per heavy atom. The summed E-state index contributed by atoms with van der Waals surface area (Å²) < 4.78 is 0. The Kier molecular flexibility index (Phi) is 4.43. The van der Waals surface area contributed by atoms with Crippen LogP contribution in [0.4, 0.5) is 5.82 Å². The van der Waals surface area contributed by atoms with E-state index < -0.39 is 0 Å². The van der Waals surface area contributed by atoms with Gasteiger partial charge in [-0.25, -0.2) is 10.8 Å². The SMILES string of the molecule is CC(C#N)CN(C)C(=O)c1ccc(NN)nc1. The third-order valence-electron chi connectivity index (χ3n) is 2.27. The van der Waals surface area contributed by atoms with Crippen LogP contribution in [0.3, 0.4) is 0 Å². The highest BCUT2D eigenvalue weighted by atomic mass is 16.2. The number of aromatic nitrogens is 1. The zero-order valence-electron chi connectivity index (χ0n) is 9.84. The third-order valence-corrected chi connectivity index (χ3v) is 2.27. The summed E-state index contributed by atoms with van der Waals surface area (Å²) in [5, 5.41) is 8.68. The number of rotatable bonds is 4. The summed E-state index contributed by atoms with van der Waals surface area (Å²) in [6.07, 6.45) is 1.45. The number of hydrazine groups is 1. The molecule has 0 saturated carbocycles. The van der Waals surface area contributed by atoms with Crippen LogP contribution < -0.4 is 11.3 Å². The van der Waals surface area contributed by atoms with E-state index in [1.54, 1.807) is 26.1 Å². The molecule has 0 aliphatic heterocycles. The predicted molar refractivity (Wildman–Crippen MR) is 63.8 cm³/mol. The number of hydrogen-bond donors (Lipinski definition) is 2.